The molecule has 16 heavy (non-hydrogen) atoms. The molecular weight excluding hydrogens is 196 g/mol. The molecule has 0 aromatic heterocycles. The summed E-state index contributed by atoms with van der Waals surface area (Å²) in [6, 6.07) is 0. The third kappa shape index (κ3) is 2.98. The van der Waals surface area contributed by atoms with Gasteiger partial charge in [-0.1, -0.05) is 39.0 Å². The van der Waals surface area contributed by atoms with Gasteiger partial charge in [-0.3, -0.25) is 0 Å². The number of hydrogen-bond acceptors (Lipinski definition) is 2. The summed E-state index contributed by atoms with van der Waals surface area (Å²) in [5.74, 6) is 1.87. The lowest BCUT2D eigenvalue weighted by atomic mass is 9.76. The van der Waals surface area contributed by atoms with Crippen molar-refractivity contribution in [1.29, 1.82) is 0 Å². The predicted octanol–water partition coefficient (Wildman–Crippen LogP) is 2.67. The minimum atomic E-state index is 0.279. The molecule has 2 saturated carbocycles. The van der Waals surface area contributed by atoms with E-state index in [1.165, 1.54) is 57.9 Å². The summed E-state index contributed by atoms with van der Waals surface area (Å²) in [7, 11) is 0. The molecule has 0 saturated heterocycles. The molecule has 2 fully saturated rings. The van der Waals surface area contributed by atoms with E-state index in [1.54, 1.807) is 0 Å². The Morgan fingerprint density at radius 3 is 2.62 bits per heavy atom. The van der Waals surface area contributed by atoms with Crippen molar-refractivity contribution in [2.45, 2.75) is 63.8 Å². The highest BCUT2D eigenvalue weighted by molar-refractivity contribution is 4.93. The molecular formula is C14H28N2. The highest BCUT2D eigenvalue weighted by atomic mass is 15.0. The highest BCUT2D eigenvalue weighted by Crippen LogP contribution is 2.33. The zero-order valence-electron chi connectivity index (χ0n) is 10.8. The van der Waals surface area contributed by atoms with Gasteiger partial charge in [-0.15, -0.1) is 0 Å². The van der Waals surface area contributed by atoms with Crippen LogP contribution in [0, 0.1) is 11.8 Å². The van der Waals surface area contributed by atoms with E-state index in [0.29, 0.717) is 0 Å². The van der Waals surface area contributed by atoms with Gasteiger partial charge in [-0.2, -0.15) is 0 Å². The van der Waals surface area contributed by atoms with Gasteiger partial charge in [-0.05, 0) is 37.6 Å². The van der Waals surface area contributed by atoms with Crippen molar-refractivity contribution in [1.82, 2.24) is 5.32 Å². The number of hydrogen-bond donors (Lipinski definition) is 2. The second kappa shape index (κ2) is 5.50. The van der Waals surface area contributed by atoms with Crippen LogP contribution >= 0.6 is 0 Å². The molecule has 2 nitrogen and oxygen atoms in total. The standard InChI is InChI=1S/C14H28N2/c1-12-4-3-8-14(10-12,11-15)16-9-7-13-5-2-6-13/h12-13,16H,2-11,15H2,1H3. The van der Waals surface area contributed by atoms with Crippen molar-refractivity contribution < 1.29 is 0 Å². The fraction of sp³-hybridized carbons (Fsp3) is 1.00. The van der Waals surface area contributed by atoms with Crippen LogP contribution in [0.2, 0.25) is 0 Å². The van der Waals surface area contributed by atoms with E-state index in [2.05, 4.69) is 12.2 Å². The van der Waals surface area contributed by atoms with E-state index < -0.39 is 0 Å². The van der Waals surface area contributed by atoms with E-state index >= 15 is 0 Å². The first-order valence-electron chi connectivity index (χ1n) is 7.19. The number of rotatable bonds is 5. The molecule has 0 bridgehead atoms. The number of nitrogens with one attached hydrogen (secondary N) is 1. The second-order valence-electron chi connectivity index (χ2n) is 6.20. The molecule has 0 aromatic carbocycles. The van der Waals surface area contributed by atoms with Gasteiger partial charge in [-0.25, -0.2) is 0 Å². The van der Waals surface area contributed by atoms with E-state index in [4.69, 9.17) is 5.73 Å². The lowest BCUT2D eigenvalue weighted by molar-refractivity contribution is 0.183. The molecule has 0 heterocycles. The molecule has 2 aliphatic rings. The third-order valence-electron chi connectivity index (χ3n) is 4.76. The van der Waals surface area contributed by atoms with Gasteiger partial charge < -0.3 is 11.1 Å². The second-order valence-corrected chi connectivity index (χ2v) is 6.20. The summed E-state index contributed by atoms with van der Waals surface area (Å²) in [5.41, 5.74) is 6.28. The van der Waals surface area contributed by atoms with Gasteiger partial charge in [0.15, 0.2) is 0 Å². The Balaban J connectivity index is 1.74. The van der Waals surface area contributed by atoms with Crippen LogP contribution < -0.4 is 11.1 Å². The topological polar surface area (TPSA) is 38.0 Å². The maximum atomic E-state index is 6.00. The predicted molar refractivity (Wildman–Crippen MR) is 69.4 cm³/mol. The average Bonchev–Trinajstić information content (AvgIpc) is 2.22. The molecule has 0 radical (unpaired) electrons. The zero-order valence-corrected chi connectivity index (χ0v) is 10.8. The molecule has 2 unspecified atom stereocenters. The van der Waals surface area contributed by atoms with Gasteiger partial charge in [0, 0.05) is 12.1 Å². The van der Waals surface area contributed by atoms with Crippen molar-refractivity contribution in [2.24, 2.45) is 17.6 Å². The Morgan fingerprint density at radius 2 is 2.06 bits per heavy atom. The van der Waals surface area contributed by atoms with Crippen LogP contribution in [0.25, 0.3) is 0 Å². The van der Waals surface area contributed by atoms with Gasteiger partial charge >= 0.3 is 0 Å². The van der Waals surface area contributed by atoms with Gasteiger partial charge in [0.05, 0.1) is 0 Å². The van der Waals surface area contributed by atoms with Crippen molar-refractivity contribution >= 4 is 0 Å². The Hall–Kier alpha value is -0.0800. The van der Waals surface area contributed by atoms with E-state index in [0.717, 1.165) is 18.4 Å². The minimum Gasteiger partial charge on any atom is -0.329 e. The minimum absolute atomic E-state index is 0.279. The normalized spacial score (nSPS) is 36.0. The van der Waals surface area contributed by atoms with Crippen molar-refractivity contribution in [3.05, 3.63) is 0 Å². The SMILES string of the molecule is CC1CCCC(CN)(NCCC2CCC2)C1. The quantitative estimate of drug-likeness (QED) is 0.753. The molecule has 0 amide bonds. The zero-order chi connectivity index (χ0) is 11.4. The van der Waals surface area contributed by atoms with Crippen LogP contribution in [0.1, 0.15) is 58.3 Å². The smallest absolute Gasteiger partial charge is 0.0306 e. The summed E-state index contributed by atoms with van der Waals surface area (Å²) in [6.07, 6.45) is 11.1. The van der Waals surface area contributed by atoms with Gasteiger partial charge in [0.2, 0.25) is 0 Å². The van der Waals surface area contributed by atoms with Crippen LogP contribution in [-0.4, -0.2) is 18.6 Å². The molecule has 2 heteroatoms. The molecule has 0 aliphatic heterocycles. The van der Waals surface area contributed by atoms with Crippen molar-refractivity contribution in [3.8, 4) is 0 Å². The summed E-state index contributed by atoms with van der Waals surface area (Å²) >= 11 is 0. The highest BCUT2D eigenvalue weighted by Gasteiger charge is 2.33. The van der Waals surface area contributed by atoms with Crippen LogP contribution in [0.5, 0.6) is 0 Å². The fourth-order valence-corrected chi connectivity index (χ4v) is 3.40. The van der Waals surface area contributed by atoms with Gasteiger partial charge in [0.25, 0.3) is 0 Å². The van der Waals surface area contributed by atoms with Crippen LogP contribution in [0.15, 0.2) is 0 Å². The first-order chi connectivity index (χ1) is 7.74. The fourth-order valence-electron chi connectivity index (χ4n) is 3.40. The Labute approximate surface area is 100 Å². The molecule has 3 N–H and O–H groups in total. The molecule has 0 spiro atoms. The van der Waals surface area contributed by atoms with Crippen LogP contribution in [0.4, 0.5) is 0 Å². The van der Waals surface area contributed by atoms with Crippen molar-refractivity contribution in [2.75, 3.05) is 13.1 Å². The first-order valence-corrected chi connectivity index (χ1v) is 7.19. The molecule has 2 atom stereocenters. The lowest BCUT2D eigenvalue weighted by Crippen LogP contribution is -2.54. The van der Waals surface area contributed by atoms with Gasteiger partial charge in [0.1, 0.15) is 0 Å². The summed E-state index contributed by atoms with van der Waals surface area (Å²) < 4.78 is 0. The monoisotopic (exact) mass is 224 g/mol. The van der Waals surface area contributed by atoms with E-state index in [1.807, 2.05) is 0 Å². The maximum Gasteiger partial charge on any atom is 0.0306 e. The average molecular weight is 224 g/mol. The van der Waals surface area contributed by atoms with E-state index in [-0.39, 0.29) is 5.54 Å². The van der Waals surface area contributed by atoms with Crippen molar-refractivity contribution in [3.63, 3.8) is 0 Å². The van der Waals surface area contributed by atoms with Crippen LogP contribution in [-0.2, 0) is 0 Å². The molecule has 2 aliphatic carbocycles. The van der Waals surface area contributed by atoms with Crippen LogP contribution in [0.3, 0.4) is 0 Å². The first kappa shape index (κ1) is 12.4. The molecule has 2 rings (SSSR count). The largest absolute Gasteiger partial charge is 0.329 e. The Morgan fingerprint density at radius 1 is 1.25 bits per heavy atom. The maximum absolute atomic E-state index is 6.00. The molecule has 0 aromatic rings. The Kier molecular flexibility index (Phi) is 4.26. The van der Waals surface area contributed by atoms with E-state index in [9.17, 15) is 0 Å². The molecule has 94 valence electrons. The Bertz CT molecular complexity index is 213. The lowest BCUT2D eigenvalue weighted by Gasteiger charge is -2.41. The number of nitrogens with two attached hydrogens (primary N) is 1. The third-order valence-corrected chi connectivity index (χ3v) is 4.76. The summed E-state index contributed by atoms with van der Waals surface area (Å²) in [4.78, 5) is 0. The summed E-state index contributed by atoms with van der Waals surface area (Å²) in [6.45, 7) is 4.38. The summed E-state index contributed by atoms with van der Waals surface area (Å²) in [5, 5.41) is 3.79.